The highest BCUT2D eigenvalue weighted by Gasteiger charge is 2.36. The molecule has 18 heavy (non-hydrogen) atoms. The van der Waals surface area contributed by atoms with Gasteiger partial charge >= 0.3 is 0 Å². The molecule has 1 aliphatic carbocycles. The van der Waals surface area contributed by atoms with Crippen LogP contribution < -0.4 is 9.47 Å². The molecule has 1 fully saturated rings. The lowest BCUT2D eigenvalue weighted by molar-refractivity contribution is -0.118. The first-order chi connectivity index (χ1) is 8.83. The average Bonchev–Trinajstić information content (AvgIpc) is 2.90. The molecule has 1 unspecified atom stereocenters. The van der Waals surface area contributed by atoms with Crippen LogP contribution in [0, 0.1) is 0 Å². The van der Waals surface area contributed by atoms with Crippen molar-refractivity contribution < 1.29 is 14.3 Å². The van der Waals surface area contributed by atoms with Crippen LogP contribution >= 0.6 is 0 Å². The van der Waals surface area contributed by atoms with Crippen LogP contribution in [-0.4, -0.2) is 24.8 Å². The zero-order chi connectivity index (χ0) is 12.1. The molecule has 2 heterocycles. The van der Waals surface area contributed by atoms with Crippen molar-refractivity contribution in [1.82, 2.24) is 0 Å². The Morgan fingerprint density at radius 1 is 1.11 bits per heavy atom. The normalized spacial score (nSPS) is 24.3. The largest absolute Gasteiger partial charge is 0.454 e. The fourth-order valence-electron chi connectivity index (χ4n) is 3.05. The number of fused-ring (bicyclic) bond motifs is 4. The Balaban J connectivity index is 1.90. The summed E-state index contributed by atoms with van der Waals surface area (Å²) >= 11 is 0. The zero-order valence-electron chi connectivity index (χ0n) is 9.94. The predicted molar refractivity (Wildman–Crippen MR) is 65.6 cm³/mol. The van der Waals surface area contributed by atoms with Gasteiger partial charge in [0.05, 0.1) is 5.92 Å². The molecule has 0 radical (unpaired) electrons. The summed E-state index contributed by atoms with van der Waals surface area (Å²) in [5.74, 6) is 1.71. The van der Waals surface area contributed by atoms with Crippen LogP contribution in [0.4, 0.5) is 0 Å². The van der Waals surface area contributed by atoms with E-state index in [9.17, 15) is 4.79 Å². The SMILES string of the molecule is O=C1CCC2=NCCc3cc4c(cc3C12)OCO4. The molecule has 0 spiro atoms. The van der Waals surface area contributed by atoms with Crippen molar-refractivity contribution in [2.45, 2.75) is 25.2 Å². The molecule has 1 saturated carbocycles. The van der Waals surface area contributed by atoms with Gasteiger partial charge in [-0.3, -0.25) is 9.79 Å². The predicted octanol–water partition coefficient (Wildman–Crippen LogP) is 1.86. The van der Waals surface area contributed by atoms with E-state index in [0.29, 0.717) is 6.42 Å². The number of aliphatic imine (C=N–C) groups is 1. The molecular weight excluding hydrogens is 230 g/mol. The lowest BCUT2D eigenvalue weighted by Crippen LogP contribution is -2.12. The van der Waals surface area contributed by atoms with E-state index >= 15 is 0 Å². The number of ether oxygens (including phenoxy) is 2. The first-order valence-corrected chi connectivity index (χ1v) is 6.31. The Bertz CT molecular complexity index is 577. The molecule has 0 bridgehead atoms. The molecule has 0 amide bonds. The fraction of sp³-hybridized carbons (Fsp3) is 0.429. The van der Waals surface area contributed by atoms with Crippen molar-refractivity contribution in [2.24, 2.45) is 4.99 Å². The van der Waals surface area contributed by atoms with Crippen LogP contribution in [0.25, 0.3) is 0 Å². The van der Waals surface area contributed by atoms with Crippen molar-refractivity contribution in [3.63, 3.8) is 0 Å². The van der Waals surface area contributed by atoms with Crippen molar-refractivity contribution in [3.05, 3.63) is 23.3 Å². The molecule has 4 heteroatoms. The van der Waals surface area contributed by atoms with E-state index in [-0.39, 0.29) is 18.5 Å². The number of hydrogen-bond acceptors (Lipinski definition) is 4. The second-order valence-electron chi connectivity index (χ2n) is 4.93. The maximum absolute atomic E-state index is 12.1. The quantitative estimate of drug-likeness (QED) is 0.698. The van der Waals surface area contributed by atoms with Crippen molar-refractivity contribution >= 4 is 11.5 Å². The molecule has 92 valence electrons. The Morgan fingerprint density at radius 2 is 1.94 bits per heavy atom. The zero-order valence-corrected chi connectivity index (χ0v) is 9.94. The number of nitrogens with zero attached hydrogens (tertiary/aromatic N) is 1. The Morgan fingerprint density at radius 3 is 2.83 bits per heavy atom. The van der Waals surface area contributed by atoms with Crippen molar-refractivity contribution in [2.75, 3.05) is 13.3 Å². The minimum atomic E-state index is -0.128. The summed E-state index contributed by atoms with van der Waals surface area (Å²) in [5, 5.41) is 0. The second kappa shape index (κ2) is 3.57. The molecule has 1 aromatic carbocycles. The third-order valence-corrected chi connectivity index (χ3v) is 3.92. The number of carbonyl (C=O) groups is 1. The molecule has 0 N–H and O–H groups in total. The van der Waals surface area contributed by atoms with E-state index in [0.717, 1.165) is 42.2 Å². The number of carbonyl (C=O) groups excluding carboxylic acids is 1. The number of Topliss-reactive ketones (excluding diaryl/α,β-unsaturated/α-hetero) is 1. The summed E-state index contributed by atoms with van der Waals surface area (Å²) in [5.41, 5.74) is 3.31. The monoisotopic (exact) mass is 243 g/mol. The summed E-state index contributed by atoms with van der Waals surface area (Å²) in [6, 6.07) is 3.99. The minimum absolute atomic E-state index is 0.128. The highest BCUT2D eigenvalue weighted by atomic mass is 16.7. The third kappa shape index (κ3) is 1.32. The van der Waals surface area contributed by atoms with E-state index in [1.807, 2.05) is 12.1 Å². The second-order valence-corrected chi connectivity index (χ2v) is 4.93. The summed E-state index contributed by atoms with van der Waals surface area (Å²) in [6.45, 7) is 1.05. The molecule has 2 aliphatic heterocycles. The van der Waals surface area contributed by atoms with Gasteiger partial charge in [0.1, 0.15) is 5.78 Å². The first kappa shape index (κ1) is 10.1. The molecular formula is C14H13NO3. The summed E-state index contributed by atoms with van der Waals surface area (Å²) < 4.78 is 10.8. The molecule has 3 aliphatic rings. The van der Waals surface area contributed by atoms with Gasteiger partial charge in [-0.25, -0.2) is 0 Å². The standard InChI is InChI=1S/C14H13NO3/c16-11-2-1-10-14(11)9-6-13-12(17-7-18-13)5-8(9)3-4-15-10/h5-6,14H,1-4,7H2. The van der Waals surface area contributed by atoms with E-state index in [1.165, 1.54) is 5.56 Å². The summed E-state index contributed by atoms with van der Waals surface area (Å²) in [4.78, 5) is 16.6. The van der Waals surface area contributed by atoms with E-state index in [1.54, 1.807) is 0 Å². The topological polar surface area (TPSA) is 47.9 Å². The molecule has 4 nitrogen and oxygen atoms in total. The number of ketones is 1. The van der Waals surface area contributed by atoms with Gasteiger partial charge in [-0.15, -0.1) is 0 Å². The van der Waals surface area contributed by atoms with E-state index in [4.69, 9.17) is 9.47 Å². The molecule has 4 rings (SSSR count). The van der Waals surface area contributed by atoms with Crippen LogP contribution in [0.2, 0.25) is 0 Å². The van der Waals surface area contributed by atoms with Gasteiger partial charge < -0.3 is 9.47 Å². The lowest BCUT2D eigenvalue weighted by Gasteiger charge is -2.13. The van der Waals surface area contributed by atoms with Crippen LogP contribution in [0.1, 0.15) is 29.9 Å². The smallest absolute Gasteiger partial charge is 0.231 e. The van der Waals surface area contributed by atoms with Crippen LogP contribution in [0.3, 0.4) is 0 Å². The van der Waals surface area contributed by atoms with E-state index in [2.05, 4.69) is 4.99 Å². The van der Waals surface area contributed by atoms with Gasteiger partial charge in [-0.1, -0.05) is 0 Å². The van der Waals surface area contributed by atoms with Gasteiger partial charge in [0.2, 0.25) is 6.79 Å². The fourth-order valence-corrected chi connectivity index (χ4v) is 3.05. The molecule has 1 aromatic rings. The minimum Gasteiger partial charge on any atom is -0.454 e. The van der Waals surface area contributed by atoms with Crippen molar-refractivity contribution in [3.8, 4) is 11.5 Å². The summed E-state index contributed by atoms with van der Waals surface area (Å²) in [6.07, 6.45) is 2.31. The third-order valence-electron chi connectivity index (χ3n) is 3.92. The average molecular weight is 243 g/mol. The molecule has 0 aromatic heterocycles. The lowest BCUT2D eigenvalue weighted by atomic mass is 9.90. The van der Waals surface area contributed by atoms with Crippen LogP contribution in [0.5, 0.6) is 11.5 Å². The van der Waals surface area contributed by atoms with Gasteiger partial charge in [0.15, 0.2) is 11.5 Å². The summed E-state index contributed by atoms with van der Waals surface area (Å²) in [7, 11) is 0. The molecule has 1 atom stereocenters. The number of benzene rings is 1. The molecule has 0 saturated heterocycles. The first-order valence-electron chi connectivity index (χ1n) is 6.31. The highest BCUT2D eigenvalue weighted by molar-refractivity contribution is 6.16. The maximum Gasteiger partial charge on any atom is 0.231 e. The van der Waals surface area contributed by atoms with Gasteiger partial charge in [0, 0.05) is 18.7 Å². The maximum atomic E-state index is 12.1. The Hall–Kier alpha value is -1.84. The van der Waals surface area contributed by atoms with E-state index < -0.39 is 0 Å². The van der Waals surface area contributed by atoms with Gasteiger partial charge in [-0.05, 0) is 36.1 Å². The van der Waals surface area contributed by atoms with Gasteiger partial charge in [-0.2, -0.15) is 0 Å². The van der Waals surface area contributed by atoms with Crippen LogP contribution in [-0.2, 0) is 11.2 Å². The number of rotatable bonds is 0. The van der Waals surface area contributed by atoms with Gasteiger partial charge in [0.25, 0.3) is 0 Å². The Labute approximate surface area is 105 Å². The number of hydrogen-bond donors (Lipinski definition) is 0. The van der Waals surface area contributed by atoms with Crippen LogP contribution in [0.15, 0.2) is 17.1 Å². The Kier molecular flexibility index (Phi) is 2.01. The van der Waals surface area contributed by atoms with Crippen molar-refractivity contribution in [1.29, 1.82) is 0 Å². The highest BCUT2D eigenvalue weighted by Crippen LogP contribution is 2.41.